The topological polar surface area (TPSA) is 24.9 Å². The predicted molar refractivity (Wildman–Crippen MR) is 65.6 cm³/mol. The highest BCUT2D eigenvalue weighted by atomic mass is 35.5. The number of anilines is 1. The van der Waals surface area contributed by atoms with Gasteiger partial charge >= 0.3 is 0 Å². The van der Waals surface area contributed by atoms with E-state index in [1.165, 1.54) is 12.1 Å². The fourth-order valence-corrected chi connectivity index (χ4v) is 2.09. The third-order valence-corrected chi connectivity index (χ3v) is 3.11. The highest BCUT2D eigenvalue weighted by Gasteiger charge is 2.03. The van der Waals surface area contributed by atoms with Crippen LogP contribution in [0.1, 0.15) is 10.7 Å². The Morgan fingerprint density at radius 1 is 1.50 bits per heavy atom. The van der Waals surface area contributed by atoms with Crippen LogP contribution in [0.5, 0.6) is 0 Å². The van der Waals surface area contributed by atoms with Crippen molar-refractivity contribution >= 4 is 28.6 Å². The molecule has 1 aromatic heterocycles. The number of aromatic nitrogens is 1. The van der Waals surface area contributed by atoms with E-state index >= 15 is 0 Å². The van der Waals surface area contributed by atoms with E-state index in [2.05, 4.69) is 10.3 Å². The van der Waals surface area contributed by atoms with E-state index in [1.807, 2.05) is 12.3 Å². The lowest BCUT2D eigenvalue weighted by molar-refractivity contribution is 0.630. The van der Waals surface area contributed by atoms with E-state index in [0.29, 0.717) is 17.3 Å². The zero-order chi connectivity index (χ0) is 11.5. The van der Waals surface area contributed by atoms with Gasteiger partial charge in [0.2, 0.25) is 0 Å². The summed E-state index contributed by atoms with van der Waals surface area (Å²) in [5, 5.41) is 6.43. The first-order valence-corrected chi connectivity index (χ1v) is 6.01. The van der Waals surface area contributed by atoms with Gasteiger partial charge in [-0.05, 0) is 25.1 Å². The minimum absolute atomic E-state index is 0.309. The highest BCUT2D eigenvalue weighted by Crippen LogP contribution is 2.20. The molecule has 1 heterocycles. The minimum Gasteiger partial charge on any atom is -0.377 e. The van der Waals surface area contributed by atoms with Crippen LogP contribution in [0.25, 0.3) is 0 Å². The van der Waals surface area contributed by atoms with Crippen LogP contribution >= 0.6 is 22.9 Å². The number of nitrogens with zero attached hydrogens (tertiary/aromatic N) is 1. The SMILES string of the molecule is Cc1nc(CNc2cc(Cl)ccc2F)cs1. The molecule has 5 heteroatoms. The molecule has 0 saturated carbocycles. The molecule has 2 aromatic rings. The van der Waals surface area contributed by atoms with Crippen LogP contribution in [0.3, 0.4) is 0 Å². The summed E-state index contributed by atoms with van der Waals surface area (Å²) in [6.45, 7) is 2.44. The van der Waals surface area contributed by atoms with Crippen molar-refractivity contribution in [3.05, 3.63) is 45.1 Å². The van der Waals surface area contributed by atoms with Gasteiger partial charge in [0.1, 0.15) is 5.82 Å². The van der Waals surface area contributed by atoms with Crippen molar-refractivity contribution in [2.45, 2.75) is 13.5 Å². The summed E-state index contributed by atoms with van der Waals surface area (Å²) in [6.07, 6.45) is 0. The van der Waals surface area contributed by atoms with Gasteiger partial charge in [0, 0.05) is 10.4 Å². The molecule has 0 unspecified atom stereocenters. The summed E-state index contributed by atoms with van der Waals surface area (Å²) in [5.41, 5.74) is 1.31. The maximum Gasteiger partial charge on any atom is 0.146 e. The molecule has 1 aromatic carbocycles. The Balaban J connectivity index is 2.07. The van der Waals surface area contributed by atoms with Crippen LogP contribution in [0.4, 0.5) is 10.1 Å². The predicted octanol–water partition coefficient (Wildman–Crippen LogP) is 3.86. The van der Waals surface area contributed by atoms with Crippen molar-refractivity contribution in [3.8, 4) is 0 Å². The average Bonchev–Trinajstić information content (AvgIpc) is 2.66. The van der Waals surface area contributed by atoms with Crippen LogP contribution in [-0.4, -0.2) is 4.98 Å². The number of aryl methyl sites for hydroxylation is 1. The molecule has 0 fully saturated rings. The molecule has 0 aliphatic rings. The van der Waals surface area contributed by atoms with E-state index < -0.39 is 0 Å². The molecule has 0 radical (unpaired) electrons. The summed E-state index contributed by atoms with van der Waals surface area (Å²) in [4.78, 5) is 4.28. The van der Waals surface area contributed by atoms with E-state index in [4.69, 9.17) is 11.6 Å². The number of hydrogen-bond donors (Lipinski definition) is 1. The fourth-order valence-electron chi connectivity index (χ4n) is 1.31. The molecule has 0 amide bonds. The molecular formula is C11H10ClFN2S. The molecule has 1 N–H and O–H groups in total. The molecule has 84 valence electrons. The molecule has 2 rings (SSSR count). The van der Waals surface area contributed by atoms with E-state index in [-0.39, 0.29) is 5.82 Å². The quantitative estimate of drug-likeness (QED) is 0.902. The monoisotopic (exact) mass is 256 g/mol. The number of rotatable bonds is 3. The van der Waals surface area contributed by atoms with Gasteiger partial charge in [-0.3, -0.25) is 0 Å². The molecule has 0 atom stereocenters. The van der Waals surface area contributed by atoms with E-state index in [1.54, 1.807) is 17.4 Å². The summed E-state index contributed by atoms with van der Waals surface area (Å²) in [5.74, 6) is -0.309. The first-order chi connectivity index (χ1) is 7.65. The Labute approximate surface area is 102 Å². The standard InChI is InChI=1S/C11H10ClFN2S/c1-7-15-9(6-16-7)5-14-11-4-8(12)2-3-10(11)13/h2-4,6,14H,5H2,1H3. The fraction of sp³-hybridized carbons (Fsp3) is 0.182. The molecular weight excluding hydrogens is 247 g/mol. The number of halogens is 2. The van der Waals surface area contributed by atoms with Crippen molar-refractivity contribution < 1.29 is 4.39 Å². The maximum atomic E-state index is 13.3. The summed E-state index contributed by atoms with van der Waals surface area (Å²) >= 11 is 7.36. The van der Waals surface area contributed by atoms with Crippen LogP contribution < -0.4 is 5.32 Å². The van der Waals surface area contributed by atoms with Crippen molar-refractivity contribution in [2.75, 3.05) is 5.32 Å². The van der Waals surface area contributed by atoms with Gasteiger partial charge in [-0.1, -0.05) is 11.6 Å². The molecule has 0 aliphatic carbocycles. The zero-order valence-electron chi connectivity index (χ0n) is 8.63. The summed E-state index contributed by atoms with van der Waals surface area (Å²) in [6, 6.07) is 4.43. The lowest BCUT2D eigenvalue weighted by atomic mass is 10.3. The van der Waals surface area contributed by atoms with Crippen LogP contribution in [0.2, 0.25) is 5.02 Å². The second-order valence-electron chi connectivity index (χ2n) is 3.34. The second kappa shape index (κ2) is 4.80. The van der Waals surface area contributed by atoms with Crippen molar-refractivity contribution in [3.63, 3.8) is 0 Å². The Morgan fingerprint density at radius 3 is 3.00 bits per heavy atom. The van der Waals surface area contributed by atoms with Gasteiger partial charge < -0.3 is 5.32 Å². The molecule has 0 spiro atoms. The Kier molecular flexibility index (Phi) is 3.41. The Bertz CT molecular complexity index is 498. The van der Waals surface area contributed by atoms with Crippen molar-refractivity contribution in [1.82, 2.24) is 4.98 Å². The molecule has 0 bridgehead atoms. The minimum atomic E-state index is -0.309. The normalized spacial score (nSPS) is 10.4. The van der Waals surface area contributed by atoms with Gasteiger partial charge in [-0.2, -0.15) is 0 Å². The Morgan fingerprint density at radius 2 is 2.31 bits per heavy atom. The third kappa shape index (κ3) is 2.71. The first kappa shape index (κ1) is 11.4. The van der Waals surface area contributed by atoms with Gasteiger partial charge in [-0.25, -0.2) is 9.37 Å². The van der Waals surface area contributed by atoms with Gasteiger partial charge in [0.25, 0.3) is 0 Å². The Hall–Kier alpha value is -1.13. The summed E-state index contributed by atoms with van der Waals surface area (Å²) < 4.78 is 13.3. The highest BCUT2D eigenvalue weighted by molar-refractivity contribution is 7.09. The van der Waals surface area contributed by atoms with E-state index in [0.717, 1.165) is 10.7 Å². The van der Waals surface area contributed by atoms with Gasteiger partial charge in [-0.15, -0.1) is 11.3 Å². The molecule has 16 heavy (non-hydrogen) atoms. The average molecular weight is 257 g/mol. The first-order valence-electron chi connectivity index (χ1n) is 4.75. The zero-order valence-corrected chi connectivity index (χ0v) is 10.2. The molecule has 0 saturated heterocycles. The van der Waals surface area contributed by atoms with Crippen molar-refractivity contribution in [1.29, 1.82) is 0 Å². The van der Waals surface area contributed by atoms with Gasteiger partial charge in [0.05, 0.1) is 22.9 Å². The maximum absolute atomic E-state index is 13.3. The lowest BCUT2D eigenvalue weighted by Crippen LogP contribution is -2.01. The number of benzene rings is 1. The van der Waals surface area contributed by atoms with Crippen LogP contribution in [0, 0.1) is 12.7 Å². The van der Waals surface area contributed by atoms with Crippen LogP contribution in [0.15, 0.2) is 23.6 Å². The van der Waals surface area contributed by atoms with Crippen LogP contribution in [-0.2, 0) is 6.54 Å². The largest absolute Gasteiger partial charge is 0.377 e. The number of nitrogens with one attached hydrogen (secondary N) is 1. The second-order valence-corrected chi connectivity index (χ2v) is 4.83. The lowest BCUT2D eigenvalue weighted by Gasteiger charge is -2.05. The third-order valence-electron chi connectivity index (χ3n) is 2.05. The van der Waals surface area contributed by atoms with E-state index in [9.17, 15) is 4.39 Å². The smallest absolute Gasteiger partial charge is 0.146 e. The molecule has 2 nitrogen and oxygen atoms in total. The van der Waals surface area contributed by atoms with Gasteiger partial charge in [0.15, 0.2) is 0 Å². The molecule has 0 aliphatic heterocycles. The van der Waals surface area contributed by atoms with Crippen molar-refractivity contribution in [2.24, 2.45) is 0 Å². The summed E-state index contributed by atoms with van der Waals surface area (Å²) in [7, 11) is 0. The number of thiazole rings is 1. The number of hydrogen-bond acceptors (Lipinski definition) is 3.